The first-order valence-electron chi connectivity index (χ1n) is 17.3. The van der Waals surface area contributed by atoms with Crippen LogP contribution in [0.5, 0.6) is 0 Å². The second kappa shape index (κ2) is 13.2. The van der Waals surface area contributed by atoms with E-state index in [1.165, 1.54) is 29.9 Å². The Morgan fingerprint density at radius 2 is 1.77 bits per heavy atom. The zero-order chi connectivity index (χ0) is 41.0. The van der Waals surface area contributed by atoms with E-state index in [9.17, 15) is 40.3 Å². The number of hydrogen-bond acceptors (Lipinski definition) is 7. The van der Waals surface area contributed by atoms with Crippen molar-refractivity contribution in [1.29, 1.82) is 0 Å². The molecule has 11 nitrogen and oxygen atoms in total. The Balaban J connectivity index is 1.27. The second-order valence-electron chi connectivity index (χ2n) is 14.5. The number of aromatic nitrogens is 5. The van der Waals surface area contributed by atoms with Crippen LogP contribution in [0.25, 0.3) is 22.0 Å². The average molecular weight is 836 g/mol. The van der Waals surface area contributed by atoms with Crippen LogP contribution in [-0.2, 0) is 46.9 Å². The van der Waals surface area contributed by atoms with E-state index in [4.69, 9.17) is 11.6 Å². The number of aliphatic hydroxyl groups is 1. The molecule has 3 heterocycles. The van der Waals surface area contributed by atoms with E-state index >= 15 is 8.78 Å². The van der Waals surface area contributed by atoms with Gasteiger partial charge in [-0.3, -0.25) is 18.9 Å². The molecular formula is C37H29ClF7N7O4S. The first-order chi connectivity index (χ1) is 26.6. The fourth-order valence-electron chi connectivity index (χ4n) is 7.45. The van der Waals surface area contributed by atoms with E-state index in [1.54, 1.807) is 6.07 Å². The van der Waals surface area contributed by atoms with E-state index in [1.807, 2.05) is 0 Å². The Hall–Kier alpha value is -5.19. The number of nitrogens with zero attached hydrogens (tertiary/aromatic N) is 5. The van der Waals surface area contributed by atoms with Crippen molar-refractivity contribution in [2.45, 2.75) is 61.9 Å². The first-order valence-corrected chi connectivity index (χ1v) is 19.6. The van der Waals surface area contributed by atoms with Gasteiger partial charge in [-0.1, -0.05) is 23.6 Å². The molecule has 5 aromatic rings. The lowest BCUT2D eigenvalue weighted by atomic mass is 9.93. The summed E-state index contributed by atoms with van der Waals surface area (Å²) in [6.45, 7) is -1.09. The molecule has 0 radical (unpaired) electrons. The normalized spacial score (nSPS) is 19.4. The Morgan fingerprint density at radius 3 is 2.42 bits per heavy atom. The van der Waals surface area contributed by atoms with Crippen LogP contribution in [-0.4, -0.2) is 55.8 Å². The van der Waals surface area contributed by atoms with Gasteiger partial charge in [-0.15, -0.1) is 0 Å². The molecule has 2 aromatic carbocycles. The minimum atomic E-state index is -5.08. The molecule has 8 rings (SSSR count). The molecule has 0 bridgehead atoms. The molecule has 3 N–H and O–H groups in total. The number of alkyl halides is 5. The Labute approximate surface area is 324 Å². The van der Waals surface area contributed by atoms with Gasteiger partial charge in [0.25, 0.3) is 5.92 Å². The highest BCUT2D eigenvalue weighted by atomic mass is 35.5. The fourth-order valence-corrected chi connectivity index (χ4v) is 8.19. The maximum atomic E-state index is 15.4. The number of halogens is 8. The maximum absolute atomic E-state index is 15.4. The molecule has 3 aliphatic carbocycles. The van der Waals surface area contributed by atoms with Gasteiger partial charge in [0.1, 0.15) is 35.2 Å². The van der Waals surface area contributed by atoms with Crippen LogP contribution in [0, 0.1) is 29.4 Å². The Kier molecular flexibility index (Phi) is 8.94. The Morgan fingerprint density at radius 1 is 1.09 bits per heavy atom. The van der Waals surface area contributed by atoms with E-state index in [-0.39, 0.29) is 50.7 Å². The van der Waals surface area contributed by atoms with Crippen LogP contribution in [0.1, 0.15) is 65.1 Å². The summed E-state index contributed by atoms with van der Waals surface area (Å²) >= 11 is 6.56. The second-order valence-corrected chi connectivity index (χ2v) is 16.7. The van der Waals surface area contributed by atoms with Gasteiger partial charge in [0.2, 0.25) is 15.9 Å². The summed E-state index contributed by atoms with van der Waals surface area (Å²) in [5, 5.41) is 21.0. The third-order valence-corrected chi connectivity index (χ3v) is 11.0. The number of amides is 1. The fraction of sp³-hybridized carbons (Fsp3) is 0.351. The monoisotopic (exact) mass is 835 g/mol. The molecule has 0 spiro atoms. The molecule has 2 saturated carbocycles. The van der Waals surface area contributed by atoms with Gasteiger partial charge >= 0.3 is 6.18 Å². The zero-order valence-corrected chi connectivity index (χ0v) is 31.2. The van der Waals surface area contributed by atoms with Gasteiger partial charge in [-0.2, -0.15) is 32.1 Å². The number of anilines is 1. The predicted molar refractivity (Wildman–Crippen MR) is 191 cm³/mol. The van der Waals surface area contributed by atoms with Gasteiger partial charge in [0, 0.05) is 35.7 Å². The third kappa shape index (κ3) is 7.30. The van der Waals surface area contributed by atoms with Crippen molar-refractivity contribution in [3.05, 3.63) is 93.0 Å². The summed E-state index contributed by atoms with van der Waals surface area (Å²) in [5.41, 5.74) is -3.49. The SMILES string of the molecule is Cn1nc(NS(C)(=O)=O)c2c(Cl)ccc(-c3ccc(C#CC4(O)CC4)nc3C(Cc3cc(F)cc(F)c3)NC(=O)Cn3nc(C(F)(F)F)c4c3C(F)(F)[C@@H]3C[C@H]43)c21. The lowest BCUT2D eigenvalue weighted by Crippen LogP contribution is -2.35. The van der Waals surface area contributed by atoms with E-state index in [0.29, 0.717) is 29.2 Å². The molecule has 1 unspecified atom stereocenters. The number of fused-ring (bicyclic) bond motifs is 4. The quantitative estimate of drug-likeness (QED) is 0.116. The number of nitrogens with one attached hydrogen (secondary N) is 2. The molecule has 1 amide bonds. The van der Waals surface area contributed by atoms with Crippen LogP contribution < -0.4 is 10.0 Å². The van der Waals surface area contributed by atoms with Gasteiger partial charge < -0.3 is 10.4 Å². The van der Waals surface area contributed by atoms with Crippen molar-refractivity contribution in [2.24, 2.45) is 13.0 Å². The van der Waals surface area contributed by atoms with Crippen LogP contribution in [0.4, 0.5) is 36.6 Å². The molecule has 20 heteroatoms. The summed E-state index contributed by atoms with van der Waals surface area (Å²) in [5.74, 6) is -3.72. The van der Waals surface area contributed by atoms with Gasteiger partial charge in [0.05, 0.1) is 33.9 Å². The topological polar surface area (TPSA) is 144 Å². The van der Waals surface area contributed by atoms with Crippen molar-refractivity contribution in [3.63, 3.8) is 0 Å². The number of rotatable bonds is 9. The highest BCUT2D eigenvalue weighted by Crippen LogP contribution is 2.68. The van der Waals surface area contributed by atoms with Crippen LogP contribution in [0.2, 0.25) is 5.02 Å². The lowest BCUT2D eigenvalue weighted by Gasteiger charge is -2.23. The Bertz CT molecular complexity index is 2680. The first kappa shape index (κ1) is 38.7. The number of benzene rings is 2. The van der Waals surface area contributed by atoms with Gasteiger partial charge in [-0.05, 0) is 73.4 Å². The van der Waals surface area contributed by atoms with Gasteiger partial charge in [0.15, 0.2) is 11.5 Å². The average Bonchev–Trinajstić information content (AvgIpc) is 3.96. The van der Waals surface area contributed by atoms with Crippen molar-refractivity contribution in [1.82, 2.24) is 29.9 Å². The third-order valence-electron chi connectivity index (χ3n) is 10.1. The lowest BCUT2D eigenvalue weighted by molar-refractivity contribution is -0.142. The van der Waals surface area contributed by atoms with Crippen LogP contribution in [0.3, 0.4) is 0 Å². The minimum absolute atomic E-state index is 0.00159. The number of pyridine rings is 1. The highest BCUT2D eigenvalue weighted by molar-refractivity contribution is 7.92. The maximum Gasteiger partial charge on any atom is 0.435 e. The summed E-state index contributed by atoms with van der Waals surface area (Å²) in [6, 6.07) is 7.24. The summed E-state index contributed by atoms with van der Waals surface area (Å²) in [7, 11) is -2.34. The molecule has 2 fully saturated rings. The molecule has 0 aliphatic heterocycles. The predicted octanol–water partition coefficient (Wildman–Crippen LogP) is 6.34. The summed E-state index contributed by atoms with van der Waals surface area (Å²) < 4.78 is 130. The van der Waals surface area contributed by atoms with Crippen LogP contribution >= 0.6 is 11.6 Å². The standard InChI is InChI=1S/C37H29ClF7N7O4S/c1-51-31-22(5-6-25(38)29(31)34(49-51)50-57(2,55)56)21-4-3-20(7-8-35(54)9-10-35)46-30(21)26(13-17-11-18(39)14-19(40)12-17)47-27(53)16-52-33-28(32(48-52)37(43,44)45)23-15-24(23)36(33,41)42/h3-6,11-12,14,23-24,26,54H,9-10,13,15-16H2,1-2H3,(H,47,53)(H,49,50)/t23-,24+,26?/m0/s1. The zero-order valence-electron chi connectivity index (χ0n) is 29.6. The molecule has 3 aliphatic rings. The molecule has 298 valence electrons. The van der Waals surface area contributed by atoms with Crippen molar-refractivity contribution < 1.29 is 49.1 Å². The summed E-state index contributed by atoms with van der Waals surface area (Å²) in [4.78, 5) is 18.6. The molecule has 0 saturated heterocycles. The van der Waals surface area contributed by atoms with E-state index in [2.05, 4.69) is 37.1 Å². The van der Waals surface area contributed by atoms with Crippen molar-refractivity contribution in [2.75, 3.05) is 11.0 Å². The van der Waals surface area contributed by atoms with E-state index < -0.39 is 93.1 Å². The highest BCUT2D eigenvalue weighted by Gasteiger charge is 2.68. The van der Waals surface area contributed by atoms with Crippen molar-refractivity contribution in [3.8, 4) is 23.0 Å². The minimum Gasteiger partial charge on any atom is -0.378 e. The van der Waals surface area contributed by atoms with Gasteiger partial charge in [-0.25, -0.2) is 22.2 Å². The summed E-state index contributed by atoms with van der Waals surface area (Å²) in [6.07, 6.45) is -3.89. The number of carbonyl (C=O) groups is 1. The molecule has 3 atom stereocenters. The molecule has 57 heavy (non-hydrogen) atoms. The molecular weight excluding hydrogens is 807 g/mol. The largest absolute Gasteiger partial charge is 0.435 e. The molecule has 3 aromatic heterocycles. The number of carbonyl (C=O) groups excluding carboxylic acids is 1. The number of sulfonamides is 1. The number of aryl methyl sites for hydroxylation is 1. The van der Waals surface area contributed by atoms with Crippen LogP contribution in [0.15, 0.2) is 42.5 Å². The van der Waals surface area contributed by atoms with Crippen molar-refractivity contribution >= 4 is 44.3 Å². The van der Waals surface area contributed by atoms with E-state index in [0.717, 1.165) is 18.4 Å². The smallest absolute Gasteiger partial charge is 0.378 e. The number of hydrogen-bond donors (Lipinski definition) is 3.